The van der Waals surface area contributed by atoms with E-state index in [0.29, 0.717) is 16.9 Å². The summed E-state index contributed by atoms with van der Waals surface area (Å²) >= 11 is 1.54. The van der Waals surface area contributed by atoms with Gasteiger partial charge < -0.3 is 15.4 Å². The first-order chi connectivity index (χ1) is 11.7. The lowest BCUT2D eigenvalue weighted by Crippen LogP contribution is -2.17. The van der Waals surface area contributed by atoms with E-state index in [1.54, 1.807) is 41.9 Å². The van der Waals surface area contributed by atoms with Crippen LogP contribution in [0.2, 0.25) is 0 Å². The van der Waals surface area contributed by atoms with E-state index >= 15 is 0 Å². The number of ether oxygens (including phenoxy) is 1. The van der Waals surface area contributed by atoms with Crippen LogP contribution >= 0.6 is 11.3 Å². The quantitative estimate of drug-likeness (QED) is 0.747. The molecule has 0 bridgehead atoms. The van der Waals surface area contributed by atoms with Gasteiger partial charge in [-0.2, -0.15) is 0 Å². The number of carbonyl (C=O) groups is 2. The number of hydrogen-bond donors (Lipinski definition) is 2. The number of hydrogen-bond acceptors (Lipinski definition) is 5. The molecule has 7 heteroatoms. The largest absolute Gasteiger partial charge is 0.375 e. The lowest BCUT2D eigenvalue weighted by Gasteiger charge is -2.08. The van der Waals surface area contributed by atoms with Gasteiger partial charge in [-0.1, -0.05) is 0 Å². The molecule has 0 saturated carbocycles. The van der Waals surface area contributed by atoms with Gasteiger partial charge in [-0.15, -0.1) is 11.3 Å². The van der Waals surface area contributed by atoms with Gasteiger partial charge in [0.25, 0.3) is 5.91 Å². The number of amides is 2. The first-order valence-electron chi connectivity index (χ1n) is 7.19. The molecule has 0 aliphatic carbocycles. The average Bonchev–Trinajstić information content (AvgIpc) is 3.04. The van der Waals surface area contributed by atoms with Crippen LogP contribution in [0, 0.1) is 0 Å². The maximum Gasteiger partial charge on any atom is 0.255 e. The van der Waals surface area contributed by atoms with Gasteiger partial charge in [-0.05, 0) is 42.5 Å². The van der Waals surface area contributed by atoms with Crippen molar-refractivity contribution in [3.8, 4) is 0 Å². The minimum absolute atomic E-state index is 0.00240. The third-order valence-electron chi connectivity index (χ3n) is 3.29. The summed E-state index contributed by atoms with van der Waals surface area (Å²) < 4.78 is 5.80. The van der Waals surface area contributed by atoms with Gasteiger partial charge in [0.1, 0.15) is 6.61 Å². The van der Waals surface area contributed by atoms with Gasteiger partial charge in [-0.3, -0.25) is 9.59 Å². The summed E-state index contributed by atoms with van der Waals surface area (Å²) in [4.78, 5) is 28.0. The topological polar surface area (TPSA) is 80.3 Å². The predicted molar refractivity (Wildman–Crippen MR) is 94.5 cm³/mol. The summed E-state index contributed by atoms with van der Waals surface area (Å²) in [7, 11) is 1.46. The third-order valence-corrected chi connectivity index (χ3v) is 4.10. The molecule has 2 aromatic carbocycles. The van der Waals surface area contributed by atoms with Crippen molar-refractivity contribution in [2.75, 3.05) is 24.4 Å². The molecule has 2 N–H and O–H groups in total. The molecule has 2 amide bonds. The second-order valence-electron chi connectivity index (χ2n) is 5.05. The molecule has 0 aliphatic rings. The smallest absolute Gasteiger partial charge is 0.255 e. The number of methoxy groups -OCH3 is 1. The van der Waals surface area contributed by atoms with Crippen LogP contribution in [0.5, 0.6) is 0 Å². The molecule has 0 atom stereocenters. The first-order valence-corrected chi connectivity index (χ1v) is 8.07. The van der Waals surface area contributed by atoms with Crippen LogP contribution in [0.1, 0.15) is 10.4 Å². The zero-order chi connectivity index (χ0) is 16.9. The van der Waals surface area contributed by atoms with E-state index in [-0.39, 0.29) is 18.4 Å². The summed E-state index contributed by atoms with van der Waals surface area (Å²) in [6, 6.07) is 12.3. The van der Waals surface area contributed by atoms with Crippen LogP contribution in [-0.4, -0.2) is 30.5 Å². The number of aromatic nitrogens is 1. The molecule has 1 aromatic heterocycles. The van der Waals surface area contributed by atoms with Crippen LogP contribution in [-0.2, 0) is 9.53 Å². The Kier molecular flexibility index (Phi) is 4.83. The Hall–Kier alpha value is -2.77. The average molecular weight is 341 g/mol. The highest BCUT2D eigenvalue weighted by Crippen LogP contribution is 2.20. The minimum Gasteiger partial charge on any atom is -0.375 e. The maximum absolute atomic E-state index is 12.3. The van der Waals surface area contributed by atoms with Gasteiger partial charge in [-0.25, -0.2) is 4.98 Å². The Morgan fingerprint density at radius 1 is 1.08 bits per heavy atom. The van der Waals surface area contributed by atoms with Crippen molar-refractivity contribution < 1.29 is 14.3 Å². The molecule has 122 valence electrons. The highest BCUT2D eigenvalue weighted by Gasteiger charge is 2.08. The molecule has 1 heterocycles. The second kappa shape index (κ2) is 7.20. The summed E-state index contributed by atoms with van der Waals surface area (Å²) in [5.74, 6) is -0.438. The number of fused-ring (bicyclic) bond motifs is 1. The van der Waals surface area contributed by atoms with E-state index in [2.05, 4.69) is 15.6 Å². The summed E-state index contributed by atoms with van der Waals surface area (Å²) in [6.07, 6.45) is 0. The molecular weight excluding hydrogens is 326 g/mol. The normalized spacial score (nSPS) is 10.5. The fourth-order valence-corrected chi connectivity index (χ4v) is 2.83. The molecule has 0 saturated heterocycles. The Morgan fingerprint density at radius 2 is 1.79 bits per heavy atom. The molecule has 3 rings (SSSR count). The molecule has 0 unspecified atom stereocenters. The lowest BCUT2D eigenvalue weighted by atomic mass is 10.2. The summed E-state index contributed by atoms with van der Waals surface area (Å²) in [5, 5.41) is 5.51. The number of anilines is 2. The standard InChI is InChI=1S/C17H15N3O3S/c1-23-9-16(21)19-12-3-5-13(6-4-12)20-17(22)11-2-7-15-14(8-11)18-10-24-15/h2-8,10H,9H2,1H3,(H,19,21)(H,20,22). The Labute approximate surface area is 142 Å². The Morgan fingerprint density at radius 3 is 2.50 bits per heavy atom. The molecule has 0 radical (unpaired) electrons. The van der Waals surface area contributed by atoms with Gasteiger partial charge in [0.15, 0.2) is 0 Å². The van der Waals surface area contributed by atoms with Crippen molar-refractivity contribution >= 4 is 44.7 Å². The molecule has 24 heavy (non-hydrogen) atoms. The van der Waals surface area contributed by atoms with E-state index < -0.39 is 0 Å². The van der Waals surface area contributed by atoms with Crippen LogP contribution < -0.4 is 10.6 Å². The fourth-order valence-electron chi connectivity index (χ4n) is 2.17. The summed E-state index contributed by atoms with van der Waals surface area (Å²) in [6.45, 7) is -0.00240. The summed E-state index contributed by atoms with van der Waals surface area (Å²) in [5.41, 5.74) is 4.39. The van der Waals surface area contributed by atoms with Crippen LogP contribution in [0.3, 0.4) is 0 Å². The highest BCUT2D eigenvalue weighted by molar-refractivity contribution is 7.16. The zero-order valence-electron chi connectivity index (χ0n) is 12.9. The van der Waals surface area contributed by atoms with Gasteiger partial charge in [0, 0.05) is 24.0 Å². The van der Waals surface area contributed by atoms with E-state index in [1.165, 1.54) is 18.4 Å². The van der Waals surface area contributed by atoms with Gasteiger partial charge >= 0.3 is 0 Å². The maximum atomic E-state index is 12.3. The first kappa shape index (κ1) is 16.1. The predicted octanol–water partition coefficient (Wildman–Crippen LogP) is 3.13. The number of nitrogens with zero attached hydrogens (tertiary/aromatic N) is 1. The third kappa shape index (κ3) is 3.76. The molecule has 6 nitrogen and oxygen atoms in total. The minimum atomic E-state index is -0.231. The number of rotatable bonds is 5. The molecule has 0 fully saturated rings. The van der Waals surface area contributed by atoms with E-state index in [0.717, 1.165) is 10.2 Å². The van der Waals surface area contributed by atoms with Crippen molar-refractivity contribution in [3.05, 3.63) is 53.5 Å². The van der Waals surface area contributed by atoms with Gasteiger partial charge in [0.2, 0.25) is 5.91 Å². The van der Waals surface area contributed by atoms with E-state index in [9.17, 15) is 9.59 Å². The van der Waals surface area contributed by atoms with Crippen molar-refractivity contribution in [1.29, 1.82) is 0 Å². The number of nitrogens with one attached hydrogen (secondary N) is 2. The Bertz CT molecular complexity index is 874. The molecule has 0 aliphatic heterocycles. The van der Waals surface area contributed by atoms with Crippen LogP contribution in [0.4, 0.5) is 11.4 Å². The van der Waals surface area contributed by atoms with Crippen LogP contribution in [0.25, 0.3) is 10.2 Å². The molecular formula is C17H15N3O3S. The lowest BCUT2D eigenvalue weighted by molar-refractivity contribution is -0.119. The fraction of sp³-hybridized carbons (Fsp3) is 0.118. The highest BCUT2D eigenvalue weighted by atomic mass is 32.1. The van der Waals surface area contributed by atoms with Crippen molar-refractivity contribution in [2.24, 2.45) is 0 Å². The SMILES string of the molecule is COCC(=O)Nc1ccc(NC(=O)c2ccc3scnc3c2)cc1. The van der Waals surface area contributed by atoms with Crippen molar-refractivity contribution in [1.82, 2.24) is 4.98 Å². The van der Waals surface area contributed by atoms with Crippen LogP contribution in [0.15, 0.2) is 48.0 Å². The van der Waals surface area contributed by atoms with E-state index in [4.69, 9.17) is 4.74 Å². The Balaban J connectivity index is 1.66. The number of carbonyl (C=O) groups excluding carboxylic acids is 2. The molecule has 0 spiro atoms. The second-order valence-corrected chi connectivity index (χ2v) is 5.93. The van der Waals surface area contributed by atoms with Crippen molar-refractivity contribution in [2.45, 2.75) is 0 Å². The van der Waals surface area contributed by atoms with Gasteiger partial charge in [0.05, 0.1) is 15.7 Å². The zero-order valence-corrected chi connectivity index (χ0v) is 13.7. The monoisotopic (exact) mass is 341 g/mol. The van der Waals surface area contributed by atoms with E-state index in [1.807, 2.05) is 6.07 Å². The number of benzene rings is 2. The number of thiazole rings is 1. The molecule has 3 aromatic rings. The van der Waals surface area contributed by atoms with Crippen molar-refractivity contribution in [3.63, 3.8) is 0 Å².